The van der Waals surface area contributed by atoms with E-state index in [4.69, 9.17) is 0 Å². The van der Waals surface area contributed by atoms with Crippen molar-refractivity contribution in [3.8, 4) is 0 Å². The predicted molar refractivity (Wildman–Crippen MR) is 85.7 cm³/mol. The Balaban J connectivity index is 0.00000200. The summed E-state index contributed by atoms with van der Waals surface area (Å²) >= 11 is 4.79. The summed E-state index contributed by atoms with van der Waals surface area (Å²) in [6.45, 7) is 3.20. The molecule has 112 valence electrons. The molecule has 0 aliphatic carbocycles. The zero-order chi connectivity index (χ0) is 13.8. The Morgan fingerprint density at radius 1 is 1.45 bits per heavy atom. The number of halogens is 2. The smallest absolute Gasteiger partial charge is 0.254 e. The van der Waals surface area contributed by atoms with Crippen LogP contribution in [-0.4, -0.2) is 61.4 Å². The fraction of sp³-hybridized carbons (Fsp3) is 0.500. The Labute approximate surface area is 136 Å². The molecule has 8 heteroatoms. The van der Waals surface area contributed by atoms with Gasteiger partial charge in [-0.1, -0.05) is 0 Å². The maximum atomic E-state index is 12.1. The van der Waals surface area contributed by atoms with Gasteiger partial charge >= 0.3 is 0 Å². The molecule has 1 aromatic heterocycles. The van der Waals surface area contributed by atoms with E-state index in [1.54, 1.807) is 23.4 Å². The third-order valence-electron chi connectivity index (χ3n) is 3.00. The predicted octanol–water partition coefficient (Wildman–Crippen LogP) is 1.44. The van der Waals surface area contributed by atoms with Crippen LogP contribution in [-0.2, 0) is 4.79 Å². The van der Waals surface area contributed by atoms with Crippen LogP contribution in [0.4, 0.5) is 0 Å². The summed E-state index contributed by atoms with van der Waals surface area (Å²) in [4.78, 5) is 27.4. The first-order chi connectivity index (χ1) is 9.08. The van der Waals surface area contributed by atoms with Crippen LogP contribution in [0.15, 0.2) is 15.2 Å². The van der Waals surface area contributed by atoms with E-state index in [2.05, 4.69) is 21.2 Å². The molecule has 0 aromatic carbocycles. The zero-order valence-corrected chi connectivity index (χ0v) is 14.3. The topological polar surface area (TPSA) is 52.7 Å². The fourth-order valence-electron chi connectivity index (χ4n) is 1.93. The van der Waals surface area contributed by atoms with Gasteiger partial charge in [-0.05, 0) is 22.0 Å². The van der Waals surface area contributed by atoms with Gasteiger partial charge in [0.1, 0.15) is 0 Å². The zero-order valence-electron chi connectivity index (χ0n) is 11.1. The molecule has 2 heterocycles. The summed E-state index contributed by atoms with van der Waals surface area (Å²) in [6, 6.07) is 1.78. The van der Waals surface area contributed by atoms with E-state index >= 15 is 0 Å². The van der Waals surface area contributed by atoms with Crippen molar-refractivity contribution in [2.45, 2.75) is 0 Å². The lowest BCUT2D eigenvalue weighted by Crippen LogP contribution is -2.49. The molecular weight excluding hydrogens is 366 g/mol. The Bertz CT molecular complexity index is 477. The van der Waals surface area contributed by atoms with Crippen LogP contribution in [0.3, 0.4) is 0 Å². The molecule has 5 nitrogen and oxygen atoms in total. The molecule has 1 saturated heterocycles. The van der Waals surface area contributed by atoms with Gasteiger partial charge in [-0.15, -0.1) is 23.7 Å². The first kappa shape index (κ1) is 17.4. The van der Waals surface area contributed by atoms with Crippen LogP contribution < -0.4 is 5.32 Å². The van der Waals surface area contributed by atoms with Gasteiger partial charge in [-0.25, -0.2) is 0 Å². The largest absolute Gasteiger partial charge is 0.339 e. The van der Waals surface area contributed by atoms with E-state index in [0.717, 1.165) is 16.9 Å². The molecule has 0 saturated carbocycles. The fourth-order valence-corrected chi connectivity index (χ4v) is 3.06. The molecule has 2 amide bonds. The molecule has 1 aliphatic heterocycles. The number of carbonyl (C=O) groups is 2. The van der Waals surface area contributed by atoms with Gasteiger partial charge in [0, 0.05) is 38.6 Å². The number of rotatable bonds is 3. The van der Waals surface area contributed by atoms with Crippen LogP contribution in [0.2, 0.25) is 0 Å². The van der Waals surface area contributed by atoms with E-state index in [1.807, 2.05) is 0 Å². The number of hydrogen-bond acceptors (Lipinski definition) is 4. The minimum absolute atomic E-state index is 0. The molecule has 1 aliphatic rings. The van der Waals surface area contributed by atoms with E-state index < -0.39 is 0 Å². The third kappa shape index (κ3) is 4.44. The lowest BCUT2D eigenvalue weighted by atomic mass is 10.3. The average molecular weight is 383 g/mol. The number of likely N-dealkylation sites (N-methyl/N-ethyl adjacent to an activating group) is 1. The van der Waals surface area contributed by atoms with Gasteiger partial charge < -0.3 is 15.1 Å². The van der Waals surface area contributed by atoms with Crippen molar-refractivity contribution >= 4 is 51.5 Å². The van der Waals surface area contributed by atoms with Gasteiger partial charge in [0.25, 0.3) is 5.91 Å². The van der Waals surface area contributed by atoms with Gasteiger partial charge in [0.15, 0.2) is 0 Å². The molecule has 0 spiro atoms. The first-order valence-corrected chi connectivity index (χ1v) is 7.73. The Morgan fingerprint density at radius 2 is 2.10 bits per heavy atom. The number of nitrogens with zero attached hydrogens (tertiary/aromatic N) is 2. The molecule has 1 fully saturated rings. The van der Waals surface area contributed by atoms with E-state index in [1.165, 1.54) is 16.2 Å². The number of amides is 2. The van der Waals surface area contributed by atoms with Crippen LogP contribution in [0.25, 0.3) is 0 Å². The van der Waals surface area contributed by atoms with Crippen molar-refractivity contribution in [3.63, 3.8) is 0 Å². The Hall–Kier alpha value is -0.630. The molecule has 0 radical (unpaired) electrons. The van der Waals surface area contributed by atoms with Crippen LogP contribution in [0, 0.1) is 0 Å². The third-order valence-corrected chi connectivity index (χ3v) is 4.51. The highest BCUT2D eigenvalue weighted by molar-refractivity contribution is 9.11. The maximum Gasteiger partial charge on any atom is 0.254 e. The number of carbonyl (C=O) groups excluding carboxylic acids is 2. The van der Waals surface area contributed by atoms with Gasteiger partial charge in [0.2, 0.25) is 5.91 Å². The number of piperazine rings is 1. The normalized spacial score (nSPS) is 14.6. The summed E-state index contributed by atoms with van der Waals surface area (Å²) in [5.74, 6) is -0.114. The SMILES string of the molecule is CN(CC(=O)N1CCNCC1)C(=O)c1csc(Br)c1.Cl. The molecule has 0 atom stereocenters. The number of hydrogen-bond donors (Lipinski definition) is 1. The van der Waals surface area contributed by atoms with Crippen molar-refractivity contribution in [1.82, 2.24) is 15.1 Å². The van der Waals surface area contributed by atoms with E-state index in [9.17, 15) is 9.59 Å². The first-order valence-electron chi connectivity index (χ1n) is 6.06. The van der Waals surface area contributed by atoms with E-state index in [-0.39, 0.29) is 30.8 Å². The van der Waals surface area contributed by atoms with Gasteiger partial charge in [0.05, 0.1) is 15.9 Å². The van der Waals surface area contributed by atoms with Crippen molar-refractivity contribution in [2.24, 2.45) is 0 Å². The molecular formula is C12H17BrClN3O2S. The molecule has 1 aromatic rings. The van der Waals surface area contributed by atoms with Crippen LogP contribution in [0.1, 0.15) is 10.4 Å². The highest BCUT2D eigenvalue weighted by Crippen LogP contribution is 2.21. The van der Waals surface area contributed by atoms with Gasteiger partial charge in [-0.3, -0.25) is 9.59 Å². The summed E-state index contributed by atoms with van der Waals surface area (Å²) < 4.78 is 0.915. The lowest BCUT2D eigenvalue weighted by molar-refractivity contribution is -0.132. The van der Waals surface area contributed by atoms with Gasteiger partial charge in [-0.2, -0.15) is 0 Å². The summed E-state index contributed by atoms with van der Waals surface area (Å²) in [5, 5.41) is 4.99. The second kappa shape index (κ2) is 7.97. The van der Waals surface area contributed by atoms with Crippen molar-refractivity contribution in [1.29, 1.82) is 0 Å². The average Bonchev–Trinajstić information content (AvgIpc) is 2.85. The second-order valence-electron chi connectivity index (χ2n) is 4.43. The summed E-state index contributed by atoms with van der Waals surface area (Å²) in [7, 11) is 1.66. The molecule has 0 unspecified atom stereocenters. The second-order valence-corrected chi connectivity index (χ2v) is 6.72. The molecule has 20 heavy (non-hydrogen) atoms. The van der Waals surface area contributed by atoms with E-state index in [0.29, 0.717) is 18.7 Å². The monoisotopic (exact) mass is 381 g/mol. The summed E-state index contributed by atoms with van der Waals surface area (Å²) in [5.41, 5.74) is 0.618. The van der Waals surface area contributed by atoms with Crippen LogP contribution in [0.5, 0.6) is 0 Å². The standard InChI is InChI=1S/C12H16BrN3O2S.ClH/c1-15(12(18)9-6-10(13)19-8-9)7-11(17)16-4-2-14-3-5-16;/h6,8,14H,2-5,7H2,1H3;1H. The van der Waals surface area contributed by atoms with Crippen molar-refractivity contribution in [3.05, 3.63) is 20.8 Å². The molecule has 1 N–H and O–H groups in total. The maximum absolute atomic E-state index is 12.1. The number of nitrogens with one attached hydrogen (secondary N) is 1. The lowest BCUT2D eigenvalue weighted by Gasteiger charge is -2.29. The number of thiophene rings is 1. The Kier molecular flexibility index (Phi) is 6.94. The van der Waals surface area contributed by atoms with Crippen LogP contribution >= 0.6 is 39.7 Å². The van der Waals surface area contributed by atoms with Crippen molar-refractivity contribution in [2.75, 3.05) is 39.8 Å². The highest BCUT2D eigenvalue weighted by atomic mass is 79.9. The van der Waals surface area contributed by atoms with Crippen molar-refractivity contribution < 1.29 is 9.59 Å². The quantitative estimate of drug-likeness (QED) is 0.860. The molecule has 0 bridgehead atoms. The minimum Gasteiger partial charge on any atom is -0.339 e. The minimum atomic E-state index is -0.120. The molecule has 2 rings (SSSR count). The highest BCUT2D eigenvalue weighted by Gasteiger charge is 2.21. The summed E-state index contributed by atoms with van der Waals surface area (Å²) in [6.07, 6.45) is 0. The Morgan fingerprint density at radius 3 is 2.65 bits per heavy atom.